The number of carbonyl (C=O) groups is 2. The minimum atomic E-state index is -0.0536. The van der Waals surface area contributed by atoms with Crippen molar-refractivity contribution in [3.63, 3.8) is 0 Å². The third-order valence-electron chi connectivity index (χ3n) is 5.12. The van der Waals surface area contributed by atoms with Crippen LogP contribution < -0.4 is 5.32 Å². The van der Waals surface area contributed by atoms with E-state index in [4.69, 9.17) is 0 Å². The highest BCUT2D eigenvalue weighted by Gasteiger charge is 2.04. The summed E-state index contributed by atoms with van der Waals surface area (Å²) in [5, 5.41) is 2.95. The van der Waals surface area contributed by atoms with Gasteiger partial charge in [-0.1, -0.05) is 103 Å². The van der Waals surface area contributed by atoms with Crippen molar-refractivity contribution in [1.29, 1.82) is 0 Å². The van der Waals surface area contributed by atoms with Crippen LogP contribution >= 0.6 is 0 Å². The zero-order valence-corrected chi connectivity index (χ0v) is 17.3. The van der Waals surface area contributed by atoms with Gasteiger partial charge in [-0.25, -0.2) is 0 Å². The third-order valence-corrected chi connectivity index (χ3v) is 5.12. The van der Waals surface area contributed by atoms with E-state index in [0.29, 0.717) is 11.1 Å². The molecule has 0 fully saturated rings. The second kappa shape index (κ2) is 16.5. The van der Waals surface area contributed by atoms with Crippen molar-refractivity contribution in [2.24, 2.45) is 0 Å². The normalized spacial score (nSPS) is 10.7. The van der Waals surface area contributed by atoms with Gasteiger partial charge in [0.1, 0.15) is 6.29 Å². The molecule has 0 aliphatic rings. The average molecular weight is 374 g/mol. The van der Waals surface area contributed by atoms with Crippen LogP contribution in [0, 0.1) is 0 Å². The molecule has 0 bridgehead atoms. The van der Waals surface area contributed by atoms with E-state index < -0.39 is 0 Å². The lowest BCUT2D eigenvalue weighted by Gasteiger charge is -2.06. The lowest BCUT2D eigenvalue weighted by molar-refractivity contribution is 0.0952. The number of amides is 1. The topological polar surface area (TPSA) is 46.2 Å². The standard InChI is InChI=1S/C24H39NO2/c1-2-3-4-5-6-7-8-9-10-11-12-13-14-15-20-25-24(27)23-18-16-22(21-26)17-19-23/h16-19,21H,2-15,20H2,1H3,(H,25,27). The molecule has 1 aromatic carbocycles. The smallest absolute Gasteiger partial charge is 0.251 e. The molecule has 0 saturated heterocycles. The minimum Gasteiger partial charge on any atom is -0.352 e. The molecule has 0 heterocycles. The summed E-state index contributed by atoms with van der Waals surface area (Å²) in [6, 6.07) is 6.75. The molecule has 3 nitrogen and oxygen atoms in total. The fourth-order valence-electron chi connectivity index (χ4n) is 3.34. The first-order valence-corrected chi connectivity index (χ1v) is 11.1. The van der Waals surface area contributed by atoms with Gasteiger partial charge in [0.15, 0.2) is 0 Å². The molecule has 1 amide bonds. The Morgan fingerprint density at radius 2 is 1.19 bits per heavy atom. The van der Waals surface area contributed by atoms with E-state index in [9.17, 15) is 9.59 Å². The highest BCUT2D eigenvalue weighted by molar-refractivity contribution is 5.94. The van der Waals surface area contributed by atoms with Crippen LogP contribution in [0.2, 0.25) is 0 Å². The Morgan fingerprint density at radius 1 is 0.741 bits per heavy atom. The van der Waals surface area contributed by atoms with Gasteiger partial charge < -0.3 is 5.32 Å². The first kappa shape index (κ1) is 23.4. The molecule has 1 N–H and O–H groups in total. The number of hydrogen-bond donors (Lipinski definition) is 1. The van der Waals surface area contributed by atoms with E-state index in [-0.39, 0.29) is 5.91 Å². The summed E-state index contributed by atoms with van der Waals surface area (Å²) < 4.78 is 0. The summed E-state index contributed by atoms with van der Waals surface area (Å²) in [6.45, 7) is 3.00. The third kappa shape index (κ3) is 12.4. The maximum absolute atomic E-state index is 12.0. The van der Waals surface area contributed by atoms with E-state index in [0.717, 1.165) is 19.3 Å². The van der Waals surface area contributed by atoms with E-state index in [1.165, 1.54) is 83.5 Å². The van der Waals surface area contributed by atoms with Crippen LogP contribution in [-0.2, 0) is 0 Å². The summed E-state index contributed by atoms with van der Waals surface area (Å²) in [5.41, 5.74) is 1.21. The Labute approximate surface area is 166 Å². The van der Waals surface area contributed by atoms with Gasteiger partial charge in [-0.3, -0.25) is 9.59 Å². The second-order valence-corrected chi connectivity index (χ2v) is 7.59. The molecule has 1 aromatic rings. The lowest BCUT2D eigenvalue weighted by Crippen LogP contribution is -2.24. The molecule has 152 valence electrons. The van der Waals surface area contributed by atoms with Crippen molar-refractivity contribution in [3.05, 3.63) is 35.4 Å². The van der Waals surface area contributed by atoms with Crippen LogP contribution in [0.4, 0.5) is 0 Å². The molecule has 0 saturated carbocycles. The molecule has 0 aliphatic carbocycles. The van der Waals surface area contributed by atoms with Crippen molar-refractivity contribution in [2.75, 3.05) is 6.54 Å². The van der Waals surface area contributed by atoms with E-state index in [1.807, 2.05) is 0 Å². The second-order valence-electron chi connectivity index (χ2n) is 7.59. The predicted octanol–water partition coefficient (Wildman–Crippen LogP) is 6.71. The highest BCUT2D eigenvalue weighted by atomic mass is 16.1. The summed E-state index contributed by atoms with van der Waals surface area (Å²) in [5.74, 6) is -0.0536. The number of rotatable bonds is 17. The summed E-state index contributed by atoms with van der Waals surface area (Å²) >= 11 is 0. The fraction of sp³-hybridized carbons (Fsp3) is 0.667. The summed E-state index contributed by atoms with van der Waals surface area (Å²) in [6.07, 6.45) is 19.5. The number of hydrogen-bond acceptors (Lipinski definition) is 2. The number of unbranched alkanes of at least 4 members (excludes halogenated alkanes) is 13. The van der Waals surface area contributed by atoms with Crippen molar-refractivity contribution in [3.8, 4) is 0 Å². The molecule has 27 heavy (non-hydrogen) atoms. The van der Waals surface area contributed by atoms with Gasteiger partial charge >= 0.3 is 0 Å². The maximum atomic E-state index is 12.0. The fourth-order valence-corrected chi connectivity index (χ4v) is 3.34. The zero-order valence-electron chi connectivity index (χ0n) is 17.3. The Hall–Kier alpha value is -1.64. The Kier molecular flexibility index (Phi) is 14.3. The highest BCUT2D eigenvalue weighted by Crippen LogP contribution is 2.12. The Balaban J connectivity index is 1.86. The van der Waals surface area contributed by atoms with Crippen molar-refractivity contribution in [1.82, 2.24) is 5.32 Å². The number of aldehydes is 1. The van der Waals surface area contributed by atoms with Gasteiger partial charge in [-0.2, -0.15) is 0 Å². The lowest BCUT2D eigenvalue weighted by atomic mass is 10.0. The van der Waals surface area contributed by atoms with E-state index >= 15 is 0 Å². The molecule has 0 aliphatic heterocycles. The Bertz CT molecular complexity index is 496. The van der Waals surface area contributed by atoms with Gasteiger partial charge in [-0.15, -0.1) is 0 Å². The molecule has 0 atom stereocenters. The first-order valence-electron chi connectivity index (χ1n) is 11.1. The van der Waals surface area contributed by atoms with Gasteiger partial charge in [-0.05, 0) is 18.6 Å². The number of benzene rings is 1. The first-order chi connectivity index (χ1) is 13.3. The molecule has 0 unspecified atom stereocenters. The molecule has 1 rings (SSSR count). The summed E-state index contributed by atoms with van der Waals surface area (Å²) in [4.78, 5) is 22.6. The van der Waals surface area contributed by atoms with Crippen molar-refractivity contribution in [2.45, 2.75) is 96.8 Å². The number of carbonyl (C=O) groups excluding carboxylic acids is 2. The van der Waals surface area contributed by atoms with Crippen LogP contribution in [-0.4, -0.2) is 18.7 Å². The average Bonchev–Trinajstić information content (AvgIpc) is 2.70. The van der Waals surface area contributed by atoms with Crippen LogP contribution in [0.25, 0.3) is 0 Å². The van der Waals surface area contributed by atoms with Crippen molar-refractivity contribution >= 4 is 12.2 Å². The minimum absolute atomic E-state index is 0.0536. The monoisotopic (exact) mass is 373 g/mol. The SMILES string of the molecule is CCCCCCCCCCCCCCCCNC(=O)c1ccc(C=O)cc1. The van der Waals surface area contributed by atoms with E-state index in [2.05, 4.69) is 12.2 Å². The van der Waals surface area contributed by atoms with Gasteiger partial charge in [0.25, 0.3) is 5.91 Å². The quantitative estimate of drug-likeness (QED) is 0.244. The predicted molar refractivity (Wildman–Crippen MR) is 114 cm³/mol. The molecular formula is C24H39NO2. The molecular weight excluding hydrogens is 334 g/mol. The molecule has 0 radical (unpaired) electrons. The van der Waals surface area contributed by atoms with Crippen LogP contribution in [0.3, 0.4) is 0 Å². The van der Waals surface area contributed by atoms with Gasteiger partial charge in [0.05, 0.1) is 0 Å². The van der Waals surface area contributed by atoms with Gasteiger partial charge in [0.2, 0.25) is 0 Å². The van der Waals surface area contributed by atoms with Crippen LogP contribution in [0.1, 0.15) is 118 Å². The number of nitrogens with one attached hydrogen (secondary N) is 1. The largest absolute Gasteiger partial charge is 0.352 e. The maximum Gasteiger partial charge on any atom is 0.251 e. The van der Waals surface area contributed by atoms with E-state index in [1.54, 1.807) is 24.3 Å². The molecule has 3 heteroatoms. The van der Waals surface area contributed by atoms with Crippen LogP contribution in [0.5, 0.6) is 0 Å². The Morgan fingerprint density at radius 3 is 1.63 bits per heavy atom. The van der Waals surface area contributed by atoms with Crippen molar-refractivity contribution < 1.29 is 9.59 Å². The molecule has 0 spiro atoms. The van der Waals surface area contributed by atoms with Gasteiger partial charge in [0, 0.05) is 17.7 Å². The van der Waals surface area contributed by atoms with Crippen LogP contribution in [0.15, 0.2) is 24.3 Å². The summed E-state index contributed by atoms with van der Waals surface area (Å²) in [7, 11) is 0. The molecule has 0 aromatic heterocycles. The zero-order chi connectivity index (χ0) is 19.6.